The predicted molar refractivity (Wildman–Crippen MR) is 76.1 cm³/mol. The summed E-state index contributed by atoms with van der Waals surface area (Å²) in [6.45, 7) is 10.4. The second-order valence-electron chi connectivity index (χ2n) is 6.73. The fraction of sp³-hybridized carbons (Fsp3) is 0.933. The van der Waals surface area contributed by atoms with Crippen LogP contribution in [0.5, 0.6) is 0 Å². The van der Waals surface area contributed by atoms with Crippen molar-refractivity contribution in [2.24, 2.45) is 11.8 Å². The molecule has 0 aromatic carbocycles. The molecule has 2 aliphatic heterocycles. The van der Waals surface area contributed by atoms with Crippen LogP contribution in [0.3, 0.4) is 0 Å². The van der Waals surface area contributed by atoms with E-state index < -0.39 is 0 Å². The van der Waals surface area contributed by atoms with Crippen molar-refractivity contribution >= 4 is 6.03 Å². The van der Waals surface area contributed by atoms with Crippen LogP contribution in [0.15, 0.2) is 0 Å². The SMILES string of the molecule is CC(C)N1CCN(C(=O)N2CCC(C3CC3)C2)CC1. The molecule has 0 spiro atoms. The summed E-state index contributed by atoms with van der Waals surface area (Å²) in [5.74, 6) is 1.75. The van der Waals surface area contributed by atoms with Gasteiger partial charge in [0, 0.05) is 45.3 Å². The third kappa shape index (κ3) is 2.88. The first kappa shape index (κ1) is 13.2. The van der Waals surface area contributed by atoms with Crippen LogP contribution in [0.25, 0.3) is 0 Å². The third-order valence-electron chi connectivity index (χ3n) is 5.10. The highest BCUT2D eigenvalue weighted by Crippen LogP contribution is 2.41. The minimum absolute atomic E-state index is 0.298. The first-order valence-electron chi connectivity index (χ1n) is 7.93. The molecular weight excluding hydrogens is 238 g/mol. The average Bonchev–Trinajstić information content (AvgIpc) is 3.16. The Hall–Kier alpha value is -0.770. The van der Waals surface area contributed by atoms with E-state index in [1.165, 1.54) is 19.3 Å². The maximum Gasteiger partial charge on any atom is 0.320 e. The zero-order valence-electron chi connectivity index (χ0n) is 12.3. The Labute approximate surface area is 116 Å². The smallest absolute Gasteiger partial charge is 0.320 e. The van der Waals surface area contributed by atoms with Gasteiger partial charge in [-0.05, 0) is 44.9 Å². The number of rotatable bonds is 2. The van der Waals surface area contributed by atoms with E-state index in [4.69, 9.17) is 0 Å². The number of urea groups is 1. The van der Waals surface area contributed by atoms with Crippen molar-refractivity contribution in [1.82, 2.24) is 14.7 Å². The molecule has 0 N–H and O–H groups in total. The van der Waals surface area contributed by atoms with Gasteiger partial charge in [-0.1, -0.05) is 0 Å². The van der Waals surface area contributed by atoms with Crippen LogP contribution >= 0.6 is 0 Å². The van der Waals surface area contributed by atoms with Crippen LogP contribution < -0.4 is 0 Å². The molecule has 0 radical (unpaired) electrons. The van der Waals surface area contributed by atoms with E-state index in [0.29, 0.717) is 12.1 Å². The lowest BCUT2D eigenvalue weighted by molar-refractivity contribution is 0.102. The molecule has 3 rings (SSSR count). The number of nitrogens with zero attached hydrogens (tertiary/aromatic N) is 3. The van der Waals surface area contributed by atoms with Gasteiger partial charge >= 0.3 is 6.03 Å². The molecular formula is C15H27N3O. The van der Waals surface area contributed by atoms with Crippen molar-refractivity contribution in [3.8, 4) is 0 Å². The molecule has 3 fully saturated rings. The highest BCUT2D eigenvalue weighted by atomic mass is 16.2. The predicted octanol–water partition coefficient (Wildman–Crippen LogP) is 1.86. The molecule has 2 heterocycles. The van der Waals surface area contributed by atoms with Crippen LogP contribution in [-0.4, -0.2) is 66.0 Å². The standard InChI is InChI=1S/C15H27N3O/c1-12(2)16-7-9-17(10-8-16)15(19)18-6-5-14(11-18)13-3-4-13/h12-14H,3-11H2,1-2H3. The molecule has 2 saturated heterocycles. The minimum Gasteiger partial charge on any atom is -0.324 e. The second-order valence-corrected chi connectivity index (χ2v) is 6.73. The summed E-state index contributed by atoms with van der Waals surface area (Å²) < 4.78 is 0. The van der Waals surface area contributed by atoms with Crippen molar-refractivity contribution in [2.75, 3.05) is 39.3 Å². The molecule has 4 nitrogen and oxygen atoms in total. The Balaban J connectivity index is 1.48. The molecule has 0 bridgehead atoms. The summed E-state index contributed by atoms with van der Waals surface area (Å²) in [4.78, 5) is 19.1. The number of hydrogen-bond donors (Lipinski definition) is 0. The Bertz CT molecular complexity index is 332. The molecule has 0 aromatic rings. The van der Waals surface area contributed by atoms with Gasteiger partial charge in [-0.15, -0.1) is 0 Å². The number of amides is 2. The Morgan fingerprint density at radius 3 is 2.16 bits per heavy atom. The van der Waals surface area contributed by atoms with Crippen LogP contribution in [-0.2, 0) is 0 Å². The van der Waals surface area contributed by atoms with E-state index in [-0.39, 0.29) is 0 Å². The molecule has 3 aliphatic rings. The number of likely N-dealkylation sites (tertiary alicyclic amines) is 1. The number of carbonyl (C=O) groups excluding carboxylic acids is 1. The van der Waals surface area contributed by atoms with E-state index in [1.807, 2.05) is 0 Å². The molecule has 1 aliphatic carbocycles. The Morgan fingerprint density at radius 1 is 0.895 bits per heavy atom. The fourth-order valence-corrected chi connectivity index (χ4v) is 3.54. The lowest BCUT2D eigenvalue weighted by atomic mass is 10.0. The first-order chi connectivity index (χ1) is 9.15. The molecule has 1 atom stereocenters. The molecule has 2 amide bonds. The van der Waals surface area contributed by atoms with Crippen LogP contribution in [0.2, 0.25) is 0 Å². The monoisotopic (exact) mass is 265 g/mol. The Kier molecular flexibility index (Phi) is 3.70. The van der Waals surface area contributed by atoms with Crippen molar-refractivity contribution in [3.63, 3.8) is 0 Å². The van der Waals surface area contributed by atoms with Gasteiger partial charge in [-0.2, -0.15) is 0 Å². The molecule has 4 heteroatoms. The van der Waals surface area contributed by atoms with Crippen molar-refractivity contribution < 1.29 is 4.79 Å². The number of hydrogen-bond acceptors (Lipinski definition) is 2. The third-order valence-corrected chi connectivity index (χ3v) is 5.10. The van der Waals surface area contributed by atoms with E-state index in [1.54, 1.807) is 0 Å². The normalized spacial score (nSPS) is 29.3. The summed E-state index contributed by atoms with van der Waals surface area (Å²) in [5, 5.41) is 0. The van der Waals surface area contributed by atoms with Gasteiger partial charge < -0.3 is 9.80 Å². The maximum absolute atomic E-state index is 12.5. The van der Waals surface area contributed by atoms with E-state index in [9.17, 15) is 4.79 Å². The van der Waals surface area contributed by atoms with E-state index >= 15 is 0 Å². The number of piperazine rings is 1. The van der Waals surface area contributed by atoms with Crippen molar-refractivity contribution in [1.29, 1.82) is 0 Å². The zero-order valence-corrected chi connectivity index (χ0v) is 12.3. The van der Waals surface area contributed by atoms with Crippen molar-refractivity contribution in [2.45, 2.75) is 39.2 Å². The lowest BCUT2D eigenvalue weighted by Crippen LogP contribution is -2.53. The van der Waals surface area contributed by atoms with Crippen LogP contribution in [0.1, 0.15) is 33.1 Å². The highest BCUT2D eigenvalue weighted by molar-refractivity contribution is 5.75. The van der Waals surface area contributed by atoms with Gasteiger partial charge in [-0.3, -0.25) is 4.90 Å². The molecule has 1 unspecified atom stereocenters. The topological polar surface area (TPSA) is 26.8 Å². The molecule has 108 valence electrons. The van der Waals surface area contributed by atoms with Gasteiger partial charge in [0.05, 0.1) is 0 Å². The maximum atomic E-state index is 12.5. The van der Waals surface area contributed by atoms with Gasteiger partial charge in [0.1, 0.15) is 0 Å². The summed E-state index contributed by atoms with van der Waals surface area (Å²) >= 11 is 0. The van der Waals surface area contributed by atoms with E-state index in [2.05, 4.69) is 28.5 Å². The van der Waals surface area contributed by atoms with Crippen LogP contribution in [0, 0.1) is 11.8 Å². The van der Waals surface area contributed by atoms with Gasteiger partial charge in [0.15, 0.2) is 0 Å². The second kappa shape index (κ2) is 5.31. The number of carbonyl (C=O) groups is 1. The Morgan fingerprint density at radius 2 is 1.58 bits per heavy atom. The van der Waals surface area contributed by atoms with E-state index in [0.717, 1.165) is 51.1 Å². The molecule has 1 saturated carbocycles. The quantitative estimate of drug-likeness (QED) is 0.762. The molecule has 19 heavy (non-hydrogen) atoms. The summed E-state index contributed by atoms with van der Waals surface area (Å²) in [6.07, 6.45) is 4.04. The summed E-state index contributed by atoms with van der Waals surface area (Å²) in [6, 6.07) is 0.898. The highest BCUT2D eigenvalue weighted by Gasteiger charge is 2.38. The summed E-state index contributed by atoms with van der Waals surface area (Å²) in [5.41, 5.74) is 0. The van der Waals surface area contributed by atoms with Crippen LogP contribution in [0.4, 0.5) is 4.79 Å². The lowest BCUT2D eigenvalue weighted by Gasteiger charge is -2.38. The average molecular weight is 265 g/mol. The summed E-state index contributed by atoms with van der Waals surface area (Å²) in [7, 11) is 0. The fourth-order valence-electron chi connectivity index (χ4n) is 3.54. The zero-order chi connectivity index (χ0) is 13.4. The minimum atomic E-state index is 0.298. The van der Waals surface area contributed by atoms with Gasteiger partial charge in [0.2, 0.25) is 0 Å². The van der Waals surface area contributed by atoms with Crippen molar-refractivity contribution in [3.05, 3.63) is 0 Å². The molecule has 0 aromatic heterocycles. The van der Waals surface area contributed by atoms with Gasteiger partial charge in [-0.25, -0.2) is 4.79 Å². The largest absolute Gasteiger partial charge is 0.324 e. The first-order valence-corrected chi connectivity index (χ1v) is 7.93. The van der Waals surface area contributed by atoms with Gasteiger partial charge in [0.25, 0.3) is 0 Å².